The molecule has 1 fully saturated rings. The molecule has 0 aliphatic carbocycles. The lowest BCUT2D eigenvalue weighted by molar-refractivity contribution is 0.322. The number of likely N-dealkylation sites (N-methyl/N-ethyl adjacent to an activating group) is 1. The molecule has 21 heavy (non-hydrogen) atoms. The van der Waals surface area contributed by atoms with E-state index in [4.69, 9.17) is 0 Å². The zero-order chi connectivity index (χ0) is 14.7. The van der Waals surface area contributed by atoms with Gasteiger partial charge >= 0.3 is 0 Å². The van der Waals surface area contributed by atoms with Gasteiger partial charge in [0.05, 0.1) is 11.6 Å². The monoisotopic (exact) mass is 289 g/mol. The van der Waals surface area contributed by atoms with Crippen molar-refractivity contribution in [2.75, 3.05) is 37.3 Å². The van der Waals surface area contributed by atoms with Crippen LogP contribution in [0.5, 0.6) is 0 Å². The van der Waals surface area contributed by atoms with Gasteiger partial charge in [0.1, 0.15) is 5.82 Å². The Labute approximate surface area is 124 Å². The third-order valence-corrected chi connectivity index (χ3v) is 4.02. The zero-order valence-corrected chi connectivity index (χ0v) is 12.7. The van der Waals surface area contributed by atoms with Crippen molar-refractivity contribution in [2.24, 2.45) is 0 Å². The topological polar surface area (TPSA) is 81.8 Å². The third-order valence-electron chi connectivity index (χ3n) is 4.02. The predicted octanol–water partition coefficient (Wildman–Crippen LogP) is 1.68. The number of fused-ring (bicyclic) bond motifs is 1. The van der Waals surface area contributed by atoms with Gasteiger partial charge in [0.2, 0.25) is 5.95 Å². The van der Waals surface area contributed by atoms with E-state index in [-0.39, 0.29) is 0 Å². The van der Waals surface area contributed by atoms with Crippen molar-refractivity contribution >= 4 is 22.8 Å². The second-order valence-corrected chi connectivity index (χ2v) is 5.61. The van der Waals surface area contributed by atoms with E-state index in [1.54, 1.807) is 6.20 Å². The summed E-state index contributed by atoms with van der Waals surface area (Å²) in [6, 6.07) is 0.578. The molecule has 1 aliphatic heterocycles. The van der Waals surface area contributed by atoms with E-state index in [1.807, 2.05) is 0 Å². The van der Waals surface area contributed by atoms with Gasteiger partial charge in [0.25, 0.3) is 0 Å². The normalized spacial score (nSPS) is 19.2. The van der Waals surface area contributed by atoms with Gasteiger partial charge in [0.15, 0.2) is 5.65 Å². The number of H-pyrrole nitrogens is 1. The lowest BCUT2D eigenvalue weighted by Gasteiger charge is -2.20. The lowest BCUT2D eigenvalue weighted by atomic mass is 10.2. The fourth-order valence-corrected chi connectivity index (χ4v) is 2.74. The molecule has 2 aromatic rings. The largest absolute Gasteiger partial charge is 0.368 e. The number of anilines is 2. The maximum absolute atomic E-state index is 4.58. The highest BCUT2D eigenvalue weighted by atomic mass is 15.2. The Morgan fingerprint density at radius 1 is 1.38 bits per heavy atom. The van der Waals surface area contributed by atoms with Crippen LogP contribution in [0.1, 0.15) is 26.2 Å². The number of nitrogens with zero attached hydrogens (tertiary/aromatic N) is 4. The molecule has 3 rings (SSSR count). The number of aromatic amines is 1. The van der Waals surface area contributed by atoms with Gasteiger partial charge < -0.3 is 15.5 Å². The molecule has 0 bridgehead atoms. The number of nitrogens with one attached hydrogen (secondary N) is 3. The predicted molar refractivity (Wildman–Crippen MR) is 84.6 cm³/mol. The van der Waals surface area contributed by atoms with Gasteiger partial charge in [-0.2, -0.15) is 15.1 Å². The fourth-order valence-electron chi connectivity index (χ4n) is 2.74. The smallest absolute Gasteiger partial charge is 0.226 e. The molecule has 0 spiro atoms. The molecule has 114 valence electrons. The maximum atomic E-state index is 4.58. The quantitative estimate of drug-likeness (QED) is 0.750. The summed E-state index contributed by atoms with van der Waals surface area (Å²) in [6.07, 6.45) is 5.33. The average Bonchev–Trinajstić information content (AvgIpc) is 3.11. The van der Waals surface area contributed by atoms with Gasteiger partial charge in [-0.3, -0.25) is 5.10 Å². The zero-order valence-electron chi connectivity index (χ0n) is 12.7. The van der Waals surface area contributed by atoms with E-state index in [0.29, 0.717) is 12.0 Å². The molecule has 0 aromatic carbocycles. The van der Waals surface area contributed by atoms with E-state index >= 15 is 0 Å². The first-order valence-corrected chi connectivity index (χ1v) is 7.67. The fraction of sp³-hybridized carbons (Fsp3) is 0.643. The summed E-state index contributed by atoms with van der Waals surface area (Å²) in [4.78, 5) is 11.4. The van der Waals surface area contributed by atoms with Crippen LogP contribution < -0.4 is 10.6 Å². The second-order valence-electron chi connectivity index (χ2n) is 5.61. The number of hydrogen-bond donors (Lipinski definition) is 3. The van der Waals surface area contributed by atoms with Crippen LogP contribution in [0.15, 0.2) is 6.20 Å². The van der Waals surface area contributed by atoms with Crippen molar-refractivity contribution in [2.45, 2.75) is 32.2 Å². The van der Waals surface area contributed by atoms with Gasteiger partial charge in [0, 0.05) is 19.1 Å². The van der Waals surface area contributed by atoms with Crippen LogP contribution in [0, 0.1) is 0 Å². The molecule has 1 atom stereocenters. The Hall–Kier alpha value is -1.89. The maximum Gasteiger partial charge on any atom is 0.226 e. The van der Waals surface area contributed by atoms with Gasteiger partial charge in [-0.05, 0) is 32.9 Å². The number of likely N-dealkylation sites (tertiary alicyclic amines) is 1. The lowest BCUT2D eigenvalue weighted by Crippen LogP contribution is -2.31. The Morgan fingerprint density at radius 2 is 2.29 bits per heavy atom. The summed E-state index contributed by atoms with van der Waals surface area (Å²) in [5, 5.41) is 14.6. The summed E-state index contributed by atoms with van der Waals surface area (Å²) in [5.41, 5.74) is 0.769. The summed E-state index contributed by atoms with van der Waals surface area (Å²) < 4.78 is 0. The van der Waals surface area contributed by atoms with E-state index in [1.165, 1.54) is 19.4 Å². The molecular formula is C14H23N7. The number of hydrogen-bond acceptors (Lipinski definition) is 6. The SMILES string of the molecule is CCCNc1nc(NCC2CCCN2C)c2cn[nH]c2n1. The highest BCUT2D eigenvalue weighted by Gasteiger charge is 2.21. The van der Waals surface area contributed by atoms with Crippen LogP contribution in [-0.2, 0) is 0 Å². The first kappa shape index (κ1) is 14.1. The molecule has 1 saturated heterocycles. The van der Waals surface area contributed by atoms with Gasteiger partial charge in [-0.25, -0.2) is 0 Å². The molecule has 1 aliphatic rings. The summed E-state index contributed by atoms with van der Waals surface area (Å²) >= 11 is 0. The van der Waals surface area contributed by atoms with E-state index in [0.717, 1.165) is 36.4 Å². The molecule has 7 nitrogen and oxygen atoms in total. The van der Waals surface area contributed by atoms with E-state index < -0.39 is 0 Å². The minimum absolute atomic E-state index is 0.578. The van der Waals surface area contributed by atoms with Crippen molar-refractivity contribution < 1.29 is 0 Å². The first-order chi connectivity index (χ1) is 10.3. The molecule has 3 heterocycles. The van der Waals surface area contributed by atoms with Crippen LogP contribution in [0.4, 0.5) is 11.8 Å². The van der Waals surface area contributed by atoms with Crippen LogP contribution >= 0.6 is 0 Å². The van der Waals surface area contributed by atoms with Crippen molar-refractivity contribution in [1.29, 1.82) is 0 Å². The van der Waals surface area contributed by atoms with E-state index in [2.05, 4.69) is 49.7 Å². The molecular weight excluding hydrogens is 266 g/mol. The van der Waals surface area contributed by atoms with Crippen molar-refractivity contribution in [3.05, 3.63) is 6.20 Å². The molecule has 1 unspecified atom stereocenters. The minimum Gasteiger partial charge on any atom is -0.368 e. The molecule has 2 aromatic heterocycles. The molecule has 7 heteroatoms. The van der Waals surface area contributed by atoms with Crippen molar-refractivity contribution in [1.82, 2.24) is 25.1 Å². The van der Waals surface area contributed by atoms with Crippen LogP contribution in [0.2, 0.25) is 0 Å². The summed E-state index contributed by atoms with van der Waals surface area (Å²) in [6.45, 7) is 5.07. The standard InChI is InChI=1S/C14H23N7/c1-3-6-15-14-18-12(11-9-17-20-13(11)19-14)16-8-10-5-4-7-21(10)2/h9-10H,3-8H2,1-2H3,(H3,15,16,17,18,19,20). The average molecular weight is 289 g/mol. The molecule has 0 saturated carbocycles. The molecule has 0 radical (unpaired) electrons. The Morgan fingerprint density at radius 3 is 3.05 bits per heavy atom. The highest BCUT2D eigenvalue weighted by Crippen LogP contribution is 2.21. The number of aromatic nitrogens is 4. The molecule has 3 N–H and O–H groups in total. The van der Waals surface area contributed by atoms with Gasteiger partial charge in [-0.1, -0.05) is 6.92 Å². The Bertz CT molecular complexity index is 594. The number of rotatable bonds is 6. The van der Waals surface area contributed by atoms with E-state index in [9.17, 15) is 0 Å². The second kappa shape index (κ2) is 6.26. The highest BCUT2D eigenvalue weighted by molar-refractivity contribution is 5.86. The van der Waals surface area contributed by atoms with Crippen LogP contribution in [0.25, 0.3) is 11.0 Å². The van der Waals surface area contributed by atoms with Crippen molar-refractivity contribution in [3.63, 3.8) is 0 Å². The van der Waals surface area contributed by atoms with Gasteiger partial charge in [-0.15, -0.1) is 0 Å². The van der Waals surface area contributed by atoms with Crippen molar-refractivity contribution in [3.8, 4) is 0 Å². The minimum atomic E-state index is 0.578. The summed E-state index contributed by atoms with van der Waals surface area (Å²) in [7, 11) is 2.18. The third kappa shape index (κ3) is 3.07. The Kier molecular flexibility index (Phi) is 4.19. The Balaban J connectivity index is 1.77. The summed E-state index contributed by atoms with van der Waals surface area (Å²) in [5.74, 6) is 1.50. The van der Waals surface area contributed by atoms with Crippen LogP contribution in [-0.4, -0.2) is 57.8 Å². The first-order valence-electron chi connectivity index (χ1n) is 7.67. The molecule has 0 amide bonds. The van der Waals surface area contributed by atoms with Crippen LogP contribution in [0.3, 0.4) is 0 Å².